The maximum Gasteiger partial charge on any atom is 0.251 e. The Morgan fingerprint density at radius 2 is 2.06 bits per heavy atom. The lowest BCUT2D eigenvalue weighted by atomic mass is 10.0. The summed E-state index contributed by atoms with van der Waals surface area (Å²) in [5, 5.41) is 6.32. The molecule has 1 aliphatic carbocycles. The van der Waals surface area contributed by atoms with Gasteiger partial charge in [-0.1, -0.05) is 12.1 Å². The van der Waals surface area contributed by atoms with Crippen LogP contribution in [0, 0.1) is 13.8 Å². The van der Waals surface area contributed by atoms with E-state index in [4.69, 9.17) is 0 Å². The van der Waals surface area contributed by atoms with Crippen LogP contribution in [0.15, 0.2) is 18.2 Å². The molecule has 0 spiro atoms. The van der Waals surface area contributed by atoms with E-state index in [1.54, 1.807) is 0 Å². The number of amides is 1. The van der Waals surface area contributed by atoms with Gasteiger partial charge in [0, 0.05) is 24.7 Å². The van der Waals surface area contributed by atoms with Crippen molar-refractivity contribution < 1.29 is 4.79 Å². The Balaban J connectivity index is 1.83. The smallest absolute Gasteiger partial charge is 0.251 e. The third kappa shape index (κ3) is 3.30. The van der Waals surface area contributed by atoms with Gasteiger partial charge in [-0.3, -0.25) is 4.79 Å². The third-order valence-corrected chi connectivity index (χ3v) is 3.27. The van der Waals surface area contributed by atoms with Crippen LogP contribution in [-0.2, 0) is 0 Å². The number of nitrogens with one attached hydrogen (secondary N) is 2. The van der Waals surface area contributed by atoms with Crippen LogP contribution in [-0.4, -0.2) is 25.0 Å². The normalized spacial score (nSPS) is 14.7. The molecule has 3 nitrogen and oxygen atoms in total. The van der Waals surface area contributed by atoms with Gasteiger partial charge >= 0.3 is 0 Å². The number of rotatable bonds is 5. The van der Waals surface area contributed by atoms with Crippen molar-refractivity contribution >= 4 is 5.91 Å². The Hall–Kier alpha value is -1.35. The lowest BCUT2D eigenvalue weighted by Gasteiger charge is -2.09. The predicted octanol–water partition coefficient (Wildman–Crippen LogP) is 1.79. The minimum Gasteiger partial charge on any atom is -0.351 e. The number of hydrogen-bond donors (Lipinski definition) is 2. The molecule has 92 valence electrons. The van der Waals surface area contributed by atoms with E-state index >= 15 is 0 Å². The Kier molecular flexibility index (Phi) is 3.79. The Morgan fingerprint density at radius 3 is 2.76 bits per heavy atom. The number of carbonyl (C=O) groups is 1. The van der Waals surface area contributed by atoms with Crippen LogP contribution in [0.25, 0.3) is 0 Å². The fraction of sp³-hybridized carbons (Fsp3) is 0.500. The molecule has 1 aliphatic rings. The predicted molar refractivity (Wildman–Crippen MR) is 69.3 cm³/mol. The Morgan fingerprint density at radius 1 is 1.29 bits per heavy atom. The highest BCUT2D eigenvalue weighted by Crippen LogP contribution is 2.17. The number of hydrogen-bond acceptors (Lipinski definition) is 2. The molecule has 17 heavy (non-hydrogen) atoms. The summed E-state index contributed by atoms with van der Waals surface area (Å²) in [4.78, 5) is 11.9. The van der Waals surface area contributed by atoms with Gasteiger partial charge in [-0.25, -0.2) is 0 Å². The quantitative estimate of drug-likeness (QED) is 0.760. The minimum atomic E-state index is 0.0313. The van der Waals surface area contributed by atoms with E-state index in [0.29, 0.717) is 12.6 Å². The van der Waals surface area contributed by atoms with Gasteiger partial charge in [0.15, 0.2) is 0 Å². The average Bonchev–Trinajstić information content (AvgIpc) is 3.12. The van der Waals surface area contributed by atoms with E-state index in [1.807, 2.05) is 32.0 Å². The zero-order chi connectivity index (χ0) is 12.3. The fourth-order valence-corrected chi connectivity index (χ4v) is 1.83. The molecule has 1 aromatic carbocycles. The van der Waals surface area contributed by atoms with E-state index in [-0.39, 0.29) is 5.91 Å². The molecule has 0 atom stereocenters. The van der Waals surface area contributed by atoms with Crippen molar-refractivity contribution in [3.63, 3.8) is 0 Å². The van der Waals surface area contributed by atoms with E-state index in [2.05, 4.69) is 10.6 Å². The van der Waals surface area contributed by atoms with Crippen molar-refractivity contribution in [2.45, 2.75) is 32.7 Å². The zero-order valence-electron chi connectivity index (χ0n) is 10.5. The van der Waals surface area contributed by atoms with Crippen molar-refractivity contribution in [1.82, 2.24) is 10.6 Å². The third-order valence-electron chi connectivity index (χ3n) is 3.27. The van der Waals surface area contributed by atoms with Crippen molar-refractivity contribution in [3.8, 4) is 0 Å². The van der Waals surface area contributed by atoms with Crippen molar-refractivity contribution in [1.29, 1.82) is 0 Å². The second-order valence-electron chi connectivity index (χ2n) is 4.73. The molecule has 0 unspecified atom stereocenters. The SMILES string of the molecule is Cc1cccc(C(=O)NCCNC2CC2)c1C. The van der Waals surface area contributed by atoms with Crippen LogP contribution < -0.4 is 10.6 Å². The average molecular weight is 232 g/mol. The fourth-order valence-electron chi connectivity index (χ4n) is 1.83. The van der Waals surface area contributed by atoms with E-state index in [1.165, 1.54) is 12.8 Å². The first kappa shape index (κ1) is 12.1. The van der Waals surface area contributed by atoms with Gasteiger partial charge in [0.05, 0.1) is 0 Å². The van der Waals surface area contributed by atoms with Crippen LogP contribution in [0.4, 0.5) is 0 Å². The van der Waals surface area contributed by atoms with Crippen molar-refractivity contribution in [2.75, 3.05) is 13.1 Å². The summed E-state index contributed by atoms with van der Waals surface area (Å²) in [6, 6.07) is 6.54. The van der Waals surface area contributed by atoms with Gasteiger partial charge in [-0.15, -0.1) is 0 Å². The number of aryl methyl sites for hydroxylation is 1. The molecule has 2 rings (SSSR count). The maximum absolute atomic E-state index is 11.9. The summed E-state index contributed by atoms with van der Waals surface area (Å²) in [5.41, 5.74) is 3.02. The monoisotopic (exact) mass is 232 g/mol. The molecule has 0 aliphatic heterocycles. The summed E-state index contributed by atoms with van der Waals surface area (Å²) >= 11 is 0. The molecule has 0 saturated heterocycles. The number of benzene rings is 1. The summed E-state index contributed by atoms with van der Waals surface area (Å²) < 4.78 is 0. The molecule has 2 N–H and O–H groups in total. The highest BCUT2D eigenvalue weighted by molar-refractivity contribution is 5.95. The molecule has 0 radical (unpaired) electrons. The first-order valence-corrected chi connectivity index (χ1v) is 6.26. The van der Waals surface area contributed by atoms with Crippen LogP contribution in [0.2, 0.25) is 0 Å². The molecule has 1 fully saturated rings. The van der Waals surface area contributed by atoms with Gasteiger partial charge in [0.2, 0.25) is 0 Å². The highest BCUT2D eigenvalue weighted by atomic mass is 16.1. The molecule has 0 aromatic heterocycles. The summed E-state index contributed by atoms with van der Waals surface area (Å²) in [6.07, 6.45) is 2.57. The number of carbonyl (C=O) groups excluding carboxylic acids is 1. The van der Waals surface area contributed by atoms with Crippen LogP contribution in [0.1, 0.15) is 34.3 Å². The molecule has 1 amide bonds. The molecule has 0 heterocycles. The second kappa shape index (κ2) is 5.32. The molecular formula is C14H20N2O. The summed E-state index contributed by atoms with van der Waals surface area (Å²) in [6.45, 7) is 5.58. The van der Waals surface area contributed by atoms with Gasteiger partial charge < -0.3 is 10.6 Å². The standard InChI is InChI=1S/C14H20N2O/c1-10-4-3-5-13(11(10)2)14(17)16-9-8-15-12-6-7-12/h3-5,12,15H,6-9H2,1-2H3,(H,16,17). The molecular weight excluding hydrogens is 212 g/mol. The Labute approximate surface area is 103 Å². The largest absolute Gasteiger partial charge is 0.351 e. The molecule has 1 saturated carbocycles. The highest BCUT2D eigenvalue weighted by Gasteiger charge is 2.19. The van der Waals surface area contributed by atoms with Gasteiger partial charge in [0.25, 0.3) is 5.91 Å². The van der Waals surface area contributed by atoms with Gasteiger partial charge in [0.1, 0.15) is 0 Å². The molecule has 3 heteroatoms. The summed E-state index contributed by atoms with van der Waals surface area (Å²) in [7, 11) is 0. The minimum absolute atomic E-state index is 0.0313. The first-order valence-electron chi connectivity index (χ1n) is 6.26. The topological polar surface area (TPSA) is 41.1 Å². The molecule has 1 aromatic rings. The van der Waals surface area contributed by atoms with Crippen molar-refractivity contribution in [3.05, 3.63) is 34.9 Å². The van der Waals surface area contributed by atoms with Crippen molar-refractivity contribution in [2.24, 2.45) is 0 Å². The van der Waals surface area contributed by atoms with E-state index in [0.717, 1.165) is 23.2 Å². The van der Waals surface area contributed by atoms with Gasteiger partial charge in [-0.05, 0) is 43.9 Å². The lowest BCUT2D eigenvalue weighted by molar-refractivity contribution is 0.0953. The molecule has 0 bridgehead atoms. The van der Waals surface area contributed by atoms with Crippen LogP contribution in [0.3, 0.4) is 0 Å². The van der Waals surface area contributed by atoms with E-state index in [9.17, 15) is 4.79 Å². The lowest BCUT2D eigenvalue weighted by Crippen LogP contribution is -2.33. The van der Waals surface area contributed by atoms with E-state index < -0.39 is 0 Å². The van der Waals surface area contributed by atoms with Crippen LogP contribution >= 0.6 is 0 Å². The Bertz CT molecular complexity index is 411. The summed E-state index contributed by atoms with van der Waals surface area (Å²) in [5.74, 6) is 0.0313. The van der Waals surface area contributed by atoms with Gasteiger partial charge in [-0.2, -0.15) is 0 Å². The maximum atomic E-state index is 11.9. The zero-order valence-corrected chi connectivity index (χ0v) is 10.5. The van der Waals surface area contributed by atoms with Crippen LogP contribution in [0.5, 0.6) is 0 Å². The first-order chi connectivity index (χ1) is 8.18. The second-order valence-corrected chi connectivity index (χ2v) is 4.73.